The van der Waals surface area contributed by atoms with Crippen LogP contribution in [0.15, 0.2) is 47.4 Å². The summed E-state index contributed by atoms with van der Waals surface area (Å²) in [6, 6.07) is 12.4. The molecule has 1 fully saturated rings. The van der Waals surface area contributed by atoms with Gasteiger partial charge in [-0.05, 0) is 75.9 Å². The topological polar surface area (TPSA) is 95.6 Å². The Morgan fingerprint density at radius 1 is 1.06 bits per heavy atom. The van der Waals surface area contributed by atoms with Crippen LogP contribution in [-0.4, -0.2) is 37.7 Å². The van der Waals surface area contributed by atoms with Crippen LogP contribution in [0.25, 0.3) is 11.1 Å². The summed E-state index contributed by atoms with van der Waals surface area (Å²) < 4.78 is 27.8. The number of carbonyl (C=O) groups excluding carboxylic acids is 2. The molecule has 0 bridgehead atoms. The fourth-order valence-corrected chi connectivity index (χ4v) is 6.20. The molecule has 1 heterocycles. The molecular weight excluding hydrogens is 450 g/mol. The number of Topliss-reactive ketones (excluding diaryl/α,β-unsaturated/α-hetero) is 1. The maximum absolute atomic E-state index is 13.2. The maximum Gasteiger partial charge on any atom is 0.241 e. The highest BCUT2D eigenvalue weighted by Gasteiger charge is 2.48. The number of ketones is 1. The van der Waals surface area contributed by atoms with E-state index >= 15 is 0 Å². The van der Waals surface area contributed by atoms with Crippen LogP contribution < -0.4 is 14.9 Å². The first kappa shape index (κ1) is 24.4. The molecule has 0 radical (unpaired) electrons. The summed E-state index contributed by atoms with van der Waals surface area (Å²) in [7, 11) is -3.61. The highest BCUT2D eigenvalue weighted by Crippen LogP contribution is 2.42. The molecule has 2 N–H and O–H groups in total. The molecule has 2 aromatic rings. The molecule has 1 atom stereocenters. The summed E-state index contributed by atoms with van der Waals surface area (Å²) in [5.41, 5.74) is 1.72. The van der Waals surface area contributed by atoms with Gasteiger partial charge < -0.3 is 5.32 Å². The van der Waals surface area contributed by atoms with Crippen molar-refractivity contribution in [3.63, 3.8) is 0 Å². The lowest BCUT2D eigenvalue weighted by atomic mass is 9.73. The second kappa shape index (κ2) is 8.50. The van der Waals surface area contributed by atoms with Gasteiger partial charge in [-0.2, -0.15) is 0 Å². The minimum atomic E-state index is -3.61. The monoisotopic (exact) mass is 483 g/mol. The van der Waals surface area contributed by atoms with E-state index in [-0.39, 0.29) is 22.5 Å². The van der Waals surface area contributed by atoms with Gasteiger partial charge in [0.1, 0.15) is 5.54 Å². The van der Waals surface area contributed by atoms with Gasteiger partial charge in [0.25, 0.3) is 0 Å². The van der Waals surface area contributed by atoms with Gasteiger partial charge in [-0.1, -0.05) is 24.6 Å². The highest BCUT2D eigenvalue weighted by molar-refractivity contribution is 7.89. The van der Waals surface area contributed by atoms with Crippen molar-refractivity contribution in [2.75, 3.05) is 16.8 Å². The Morgan fingerprint density at radius 2 is 1.68 bits per heavy atom. The van der Waals surface area contributed by atoms with Gasteiger partial charge >= 0.3 is 0 Å². The predicted octanol–water partition coefficient (Wildman–Crippen LogP) is 4.34. The molecule has 0 saturated heterocycles. The Morgan fingerprint density at radius 3 is 2.21 bits per heavy atom. The fraction of sp³-hybridized carbons (Fsp3) is 0.462. The molecule has 0 unspecified atom stereocenters. The van der Waals surface area contributed by atoms with E-state index < -0.39 is 21.1 Å². The van der Waals surface area contributed by atoms with Crippen molar-refractivity contribution in [2.45, 2.75) is 69.9 Å². The third kappa shape index (κ3) is 4.49. The Hall–Kier alpha value is -2.71. The molecule has 34 heavy (non-hydrogen) atoms. The highest BCUT2D eigenvalue weighted by atomic mass is 32.2. The molecule has 2 aliphatic rings. The van der Waals surface area contributed by atoms with Crippen LogP contribution in [0.1, 0.15) is 53.9 Å². The van der Waals surface area contributed by atoms with Gasteiger partial charge in [0.2, 0.25) is 15.9 Å². The first-order valence-electron chi connectivity index (χ1n) is 11.7. The van der Waals surface area contributed by atoms with E-state index in [9.17, 15) is 18.0 Å². The number of carbonyl (C=O) groups is 2. The number of nitrogens with zero attached hydrogens (tertiary/aromatic N) is 1. The first-order valence-corrected chi connectivity index (χ1v) is 13.2. The first-order chi connectivity index (χ1) is 15.8. The van der Waals surface area contributed by atoms with E-state index in [1.54, 1.807) is 49.9 Å². The van der Waals surface area contributed by atoms with Crippen molar-refractivity contribution in [2.24, 2.45) is 5.92 Å². The number of rotatable bonds is 5. The lowest BCUT2D eigenvalue weighted by Crippen LogP contribution is -2.63. The summed E-state index contributed by atoms with van der Waals surface area (Å²) in [4.78, 5) is 27.7. The Labute approximate surface area is 202 Å². The van der Waals surface area contributed by atoms with Crippen LogP contribution in [0.2, 0.25) is 0 Å². The van der Waals surface area contributed by atoms with Crippen LogP contribution >= 0.6 is 0 Å². The van der Waals surface area contributed by atoms with Gasteiger partial charge in [0, 0.05) is 24.9 Å². The SMILES string of the molecule is CC(=O)N1c2ccc(-c3ccc(S(=O)(=O)NC(C)(C)C)cc3)cc2NC[C@@]1(C)C(=O)C1CCC1. The van der Waals surface area contributed by atoms with Crippen molar-refractivity contribution < 1.29 is 18.0 Å². The maximum atomic E-state index is 13.2. The normalized spacial score (nSPS) is 20.8. The molecule has 0 aromatic heterocycles. The zero-order chi connectivity index (χ0) is 24.9. The number of hydrogen-bond donors (Lipinski definition) is 2. The van der Waals surface area contributed by atoms with Crippen molar-refractivity contribution in [1.29, 1.82) is 0 Å². The minimum Gasteiger partial charge on any atom is -0.381 e. The number of anilines is 2. The van der Waals surface area contributed by atoms with Crippen molar-refractivity contribution in [3.05, 3.63) is 42.5 Å². The van der Waals surface area contributed by atoms with E-state index in [4.69, 9.17) is 0 Å². The average Bonchev–Trinajstić information content (AvgIpc) is 2.70. The van der Waals surface area contributed by atoms with E-state index in [0.29, 0.717) is 12.2 Å². The van der Waals surface area contributed by atoms with Crippen LogP contribution in [0.4, 0.5) is 11.4 Å². The molecule has 4 rings (SSSR count). The van der Waals surface area contributed by atoms with E-state index in [2.05, 4.69) is 10.0 Å². The quantitative estimate of drug-likeness (QED) is 0.660. The van der Waals surface area contributed by atoms with Gasteiger partial charge in [0.05, 0.1) is 16.3 Å². The molecule has 1 amide bonds. The van der Waals surface area contributed by atoms with Crippen LogP contribution in [0.5, 0.6) is 0 Å². The van der Waals surface area contributed by atoms with Crippen molar-refractivity contribution in [1.82, 2.24) is 4.72 Å². The van der Waals surface area contributed by atoms with E-state index in [1.165, 1.54) is 6.92 Å². The standard InChI is InChI=1S/C26H33N3O4S/c1-17(30)29-23-14-11-20(15-22(23)27-16-26(29,5)24(31)19-7-6-8-19)18-9-12-21(13-10-18)34(32,33)28-25(2,3)4/h9-15,19,27-28H,6-8,16H2,1-5H3/t26-/m0/s1. The molecule has 1 saturated carbocycles. The number of nitrogens with one attached hydrogen (secondary N) is 2. The zero-order valence-electron chi connectivity index (χ0n) is 20.4. The number of hydrogen-bond acceptors (Lipinski definition) is 5. The number of fused-ring (bicyclic) bond motifs is 1. The molecule has 7 nitrogen and oxygen atoms in total. The second-order valence-corrected chi connectivity index (χ2v) is 12.3. The minimum absolute atomic E-state index is 0.0250. The Balaban J connectivity index is 1.63. The van der Waals surface area contributed by atoms with Gasteiger partial charge in [0.15, 0.2) is 5.78 Å². The molecule has 8 heteroatoms. The summed E-state index contributed by atoms with van der Waals surface area (Å²) in [5, 5.41) is 3.37. The lowest BCUT2D eigenvalue weighted by Gasteiger charge is -2.47. The van der Waals surface area contributed by atoms with Gasteiger partial charge in [-0.3, -0.25) is 14.5 Å². The van der Waals surface area contributed by atoms with E-state index in [1.807, 2.05) is 25.1 Å². The summed E-state index contributed by atoms with van der Waals surface area (Å²) >= 11 is 0. The number of benzene rings is 2. The van der Waals surface area contributed by atoms with Gasteiger partial charge in [-0.15, -0.1) is 0 Å². The lowest BCUT2D eigenvalue weighted by molar-refractivity contribution is -0.132. The Kier molecular flexibility index (Phi) is 6.10. The van der Waals surface area contributed by atoms with Gasteiger partial charge in [-0.25, -0.2) is 13.1 Å². The van der Waals surface area contributed by atoms with E-state index in [0.717, 1.165) is 36.1 Å². The van der Waals surface area contributed by atoms with Crippen molar-refractivity contribution >= 4 is 33.1 Å². The fourth-order valence-electron chi connectivity index (χ4n) is 4.78. The summed E-state index contributed by atoms with van der Waals surface area (Å²) in [6.45, 7) is 9.11. The third-order valence-electron chi connectivity index (χ3n) is 6.61. The van der Waals surface area contributed by atoms with Crippen LogP contribution in [0, 0.1) is 5.92 Å². The molecular formula is C26H33N3O4S. The molecule has 1 aliphatic carbocycles. The molecule has 0 spiro atoms. The third-order valence-corrected chi connectivity index (χ3v) is 8.39. The zero-order valence-corrected chi connectivity index (χ0v) is 21.3. The number of sulfonamides is 1. The average molecular weight is 484 g/mol. The number of amides is 1. The second-order valence-electron chi connectivity index (χ2n) is 10.6. The smallest absolute Gasteiger partial charge is 0.241 e. The molecule has 2 aromatic carbocycles. The Bertz CT molecular complexity index is 1230. The molecule has 1 aliphatic heterocycles. The predicted molar refractivity (Wildman–Crippen MR) is 134 cm³/mol. The molecule has 182 valence electrons. The van der Waals surface area contributed by atoms with Crippen molar-refractivity contribution in [3.8, 4) is 11.1 Å². The largest absolute Gasteiger partial charge is 0.381 e. The van der Waals surface area contributed by atoms with Crippen LogP contribution in [0.3, 0.4) is 0 Å². The summed E-state index contributed by atoms with van der Waals surface area (Å²) in [6.07, 6.45) is 2.85. The summed E-state index contributed by atoms with van der Waals surface area (Å²) in [5.74, 6) is -0.0135. The van der Waals surface area contributed by atoms with Crippen LogP contribution in [-0.2, 0) is 19.6 Å².